The van der Waals surface area contributed by atoms with Gasteiger partial charge in [-0.2, -0.15) is 13.2 Å². The van der Waals surface area contributed by atoms with E-state index < -0.39 is 40.1 Å². The van der Waals surface area contributed by atoms with Gasteiger partial charge in [-0.25, -0.2) is 4.39 Å². The Morgan fingerprint density at radius 3 is 2.65 bits per heavy atom. The predicted octanol–water partition coefficient (Wildman–Crippen LogP) is 4.93. The normalized spacial score (nSPS) is 16.7. The molecule has 2 aromatic carbocycles. The third kappa shape index (κ3) is 3.99. The van der Waals surface area contributed by atoms with E-state index >= 15 is 0 Å². The first-order valence-corrected chi connectivity index (χ1v) is 9.75. The lowest BCUT2D eigenvalue weighted by Gasteiger charge is -2.25. The van der Waals surface area contributed by atoms with Gasteiger partial charge in [0.15, 0.2) is 0 Å². The summed E-state index contributed by atoms with van der Waals surface area (Å²) >= 11 is 0. The summed E-state index contributed by atoms with van der Waals surface area (Å²) in [4.78, 5) is 29.8. The number of aromatic nitrogens is 1. The minimum absolute atomic E-state index is 0.0675. The number of H-pyrrole nitrogens is 1. The molecule has 1 atom stereocenters. The van der Waals surface area contributed by atoms with Gasteiger partial charge in [0.05, 0.1) is 11.3 Å². The fourth-order valence-electron chi connectivity index (χ4n) is 3.92. The van der Waals surface area contributed by atoms with E-state index in [0.717, 1.165) is 37.2 Å². The van der Waals surface area contributed by atoms with E-state index in [1.54, 1.807) is 0 Å². The number of pyridine rings is 1. The molecule has 2 heterocycles. The minimum atomic E-state index is -4.71. The second-order valence-corrected chi connectivity index (χ2v) is 7.59. The van der Waals surface area contributed by atoms with E-state index in [1.165, 1.54) is 18.2 Å². The minimum Gasteiger partial charge on any atom is -0.369 e. The molecule has 1 aliphatic heterocycles. The van der Waals surface area contributed by atoms with Crippen LogP contribution in [0.25, 0.3) is 10.9 Å². The quantitative estimate of drug-likeness (QED) is 0.576. The topological polar surface area (TPSA) is 65.2 Å². The van der Waals surface area contributed by atoms with E-state index in [9.17, 15) is 27.2 Å². The van der Waals surface area contributed by atoms with Gasteiger partial charge >= 0.3 is 6.18 Å². The lowest BCUT2D eigenvalue weighted by molar-refractivity contribution is -0.136. The van der Waals surface area contributed by atoms with Crippen molar-refractivity contribution in [3.05, 3.63) is 69.8 Å². The maximum atomic E-state index is 13.7. The lowest BCUT2D eigenvalue weighted by Crippen LogP contribution is -2.27. The summed E-state index contributed by atoms with van der Waals surface area (Å²) in [6.07, 6.45) is -1.82. The summed E-state index contributed by atoms with van der Waals surface area (Å²) < 4.78 is 54.6. The van der Waals surface area contributed by atoms with Crippen LogP contribution in [0.15, 0.2) is 47.4 Å². The Hall–Kier alpha value is -3.36. The number of carbonyl (C=O) groups is 1. The van der Waals surface area contributed by atoms with E-state index in [0.29, 0.717) is 17.7 Å². The summed E-state index contributed by atoms with van der Waals surface area (Å²) in [7, 11) is 0. The molecule has 4 rings (SSSR count). The molecular formula is C22H19F4N3O2. The van der Waals surface area contributed by atoms with Crippen LogP contribution in [0.5, 0.6) is 0 Å². The van der Waals surface area contributed by atoms with Crippen molar-refractivity contribution in [3.63, 3.8) is 0 Å². The summed E-state index contributed by atoms with van der Waals surface area (Å²) in [6.45, 7) is 2.61. The molecular weight excluding hydrogens is 414 g/mol. The molecule has 1 fully saturated rings. The first-order valence-electron chi connectivity index (χ1n) is 9.75. The molecule has 9 heteroatoms. The fourth-order valence-corrected chi connectivity index (χ4v) is 3.92. The van der Waals surface area contributed by atoms with E-state index in [2.05, 4.69) is 10.3 Å². The van der Waals surface area contributed by atoms with Gasteiger partial charge in [0.1, 0.15) is 11.4 Å². The van der Waals surface area contributed by atoms with E-state index in [1.807, 2.05) is 11.8 Å². The van der Waals surface area contributed by atoms with Crippen LogP contribution in [0.4, 0.5) is 28.9 Å². The zero-order chi connectivity index (χ0) is 22.3. The predicted molar refractivity (Wildman–Crippen MR) is 110 cm³/mol. The molecule has 31 heavy (non-hydrogen) atoms. The standard InChI is InChI=1S/C22H19F4N3O2/c1-12-3-2-8-29(12)14-5-7-19(17(10-14)22(24,25)26)28-21(31)16-11-27-18-6-4-13(23)9-15(18)20(16)30/h4-7,9-12H,2-3,8H2,1H3,(H,27,30)(H,28,31)/t12-/m0/s1. The maximum Gasteiger partial charge on any atom is 0.418 e. The second kappa shape index (κ2) is 7.72. The molecule has 1 aliphatic rings. The maximum absolute atomic E-state index is 13.7. The average Bonchev–Trinajstić information content (AvgIpc) is 3.14. The van der Waals surface area contributed by atoms with Gasteiger partial charge in [0.2, 0.25) is 5.43 Å². The number of nitrogens with zero attached hydrogens (tertiary/aromatic N) is 1. The zero-order valence-corrected chi connectivity index (χ0v) is 16.5. The van der Waals surface area contributed by atoms with Gasteiger partial charge in [-0.15, -0.1) is 0 Å². The molecule has 162 valence electrons. The van der Waals surface area contributed by atoms with Crippen molar-refractivity contribution in [1.82, 2.24) is 4.98 Å². The van der Waals surface area contributed by atoms with Gasteiger partial charge in [0.25, 0.3) is 5.91 Å². The molecule has 0 bridgehead atoms. The molecule has 0 radical (unpaired) electrons. The smallest absolute Gasteiger partial charge is 0.369 e. The number of nitrogens with one attached hydrogen (secondary N) is 2. The molecule has 0 unspecified atom stereocenters. The van der Waals surface area contributed by atoms with Crippen LogP contribution in [-0.4, -0.2) is 23.5 Å². The molecule has 2 N–H and O–H groups in total. The Morgan fingerprint density at radius 1 is 1.19 bits per heavy atom. The lowest BCUT2D eigenvalue weighted by atomic mass is 10.1. The number of fused-ring (bicyclic) bond motifs is 1. The van der Waals surface area contributed by atoms with Gasteiger partial charge in [-0.1, -0.05) is 0 Å². The number of hydrogen-bond donors (Lipinski definition) is 2. The van der Waals surface area contributed by atoms with Crippen molar-refractivity contribution >= 4 is 28.2 Å². The first-order chi connectivity index (χ1) is 14.6. The van der Waals surface area contributed by atoms with Gasteiger partial charge in [0, 0.05) is 35.4 Å². The van der Waals surface area contributed by atoms with Crippen molar-refractivity contribution in [2.24, 2.45) is 0 Å². The summed E-state index contributed by atoms with van der Waals surface area (Å²) in [5.74, 6) is -1.68. The highest BCUT2D eigenvalue weighted by molar-refractivity contribution is 6.06. The number of halogens is 4. The number of rotatable bonds is 3. The number of carbonyl (C=O) groups excluding carboxylic acids is 1. The number of aromatic amines is 1. The van der Waals surface area contributed by atoms with Crippen LogP contribution in [0.1, 0.15) is 35.7 Å². The third-order valence-corrected chi connectivity index (χ3v) is 5.53. The van der Waals surface area contributed by atoms with Crippen LogP contribution >= 0.6 is 0 Å². The molecule has 0 spiro atoms. The Bertz CT molecular complexity index is 1220. The molecule has 1 saturated heterocycles. The summed E-state index contributed by atoms with van der Waals surface area (Å²) in [5, 5.41) is 2.12. The van der Waals surface area contributed by atoms with Crippen LogP contribution in [0, 0.1) is 5.82 Å². The van der Waals surface area contributed by atoms with Crippen LogP contribution in [0.2, 0.25) is 0 Å². The Morgan fingerprint density at radius 2 is 1.97 bits per heavy atom. The van der Waals surface area contributed by atoms with E-state index in [4.69, 9.17) is 0 Å². The van der Waals surface area contributed by atoms with Crippen LogP contribution in [-0.2, 0) is 6.18 Å². The number of benzene rings is 2. The third-order valence-electron chi connectivity index (χ3n) is 5.53. The van der Waals surface area contributed by atoms with Gasteiger partial charge < -0.3 is 15.2 Å². The first kappa shape index (κ1) is 20.9. The molecule has 1 amide bonds. The Balaban J connectivity index is 1.70. The highest BCUT2D eigenvalue weighted by Gasteiger charge is 2.35. The highest BCUT2D eigenvalue weighted by Crippen LogP contribution is 2.38. The summed E-state index contributed by atoms with van der Waals surface area (Å²) in [6, 6.07) is 7.31. The molecule has 0 saturated carbocycles. The largest absolute Gasteiger partial charge is 0.418 e. The number of amides is 1. The van der Waals surface area contributed by atoms with Crippen molar-refractivity contribution in [1.29, 1.82) is 0 Å². The SMILES string of the molecule is C[C@H]1CCCN1c1ccc(NC(=O)c2c[nH]c3ccc(F)cc3c2=O)c(C(F)(F)F)c1. The molecule has 1 aromatic heterocycles. The summed E-state index contributed by atoms with van der Waals surface area (Å²) in [5.41, 5.74) is -1.91. The van der Waals surface area contributed by atoms with Crippen molar-refractivity contribution < 1.29 is 22.4 Å². The zero-order valence-electron chi connectivity index (χ0n) is 16.5. The van der Waals surface area contributed by atoms with Crippen molar-refractivity contribution in [2.45, 2.75) is 32.0 Å². The van der Waals surface area contributed by atoms with E-state index in [-0.39, 0.29) is 11.4 Å². The molecule has 5 nitrogen and oxygen atoms in total. The van der Waals surface area contributed by atoms with Crippen LogP contribution in [0.3, 0.4) is 0 Å². The average molecular weight is 433 g/mol. The van der Waals surface area contributed by atoms with Crippen molar-refractivity contribution in [2.75, 3.05) is 16.8 Å². The fraction of sp³-hybridized carbons (Fsp3) is 0.273. The van der Waals surface area contributed by atoms with Gasteiger partial charge in [-0.05, 0) is 56.2 Å². The van der Waals surface area contributed by atoms with Crippen molar-refractivity contribution in [3.8, 4) is 0 Å². The monoisotopic (exact) mass is 433 g/mol. The number of alkyl halides is 3. The van der Waals surface area contributed by atoms with Gasteiger partial charge in [-0.3, -0.25) is 9.59 Å². The highest BCUT2D eigenvalue weighted by atomic mass is 19.4. The Kier molecular flexibility index (Phi) is 5.20. The number of hydrogen-bond acceptors (Lipinski definition) is 3. The number of anilines is 2. The second-order valence-electron chi connectivity index (χ2n) is 7.59. The molecule has 0 aliphatic carbocycles. The van der Waals surface area contributed by atoms with Crippen LogP contribution < -0.4 is 15.6 Å². The molecule has 3 aromatic rings. The Labute approximate surface area is 174 Å².